The number of nitrogens with two attached hydrogens (primary N) is 1. The summed E-state index contributed by atoms with van der Waals surface area (Å²) in [5.41, 5.74) is 6.85. The molecule has 1 fully saturated rings. The molecule has 3 nitrogen and oxygen atoms in total. The van der Waals surface area contributed by atoms with Gasteiger partial charge in [0.15, 0.2) is 0 Å². The molecule has 118 valence electrons. The van der Waals surface area contributed by atoms with Crippen LogP contribution in [0, 0.1) is 5.92 Å². The van der Waals surface area contributed by atoms with Gasteiger partial charge >= 0.3 is 6.18 Å². The summed E-state index contributed by atoms with van der Waals surface area (Å²) in [6.07, 6.45) is -3.78. The first kappa shape index (κ1) is 16.1. The molecule has 0 spiro atoms. The number of methoxy groups -OCH3 is 1. The third kappa shape index (κ3) is 3.89. The van der Waals surface area contributed by atoms with Crippen LogP contribution in [-0.4, -0.2) is 37.8 Å². The van der Waals surface area contributed by atoms with E-state index < -0.39 is 12.1 Å². The molecule has 1 aromatic carbocycles. The van der Waals surface area contributed by atoms with E-state index in [1.165, 1.54) is 0 Å². The zero-order valence-electron chi connectivity index (χ0n) is 12.1. The average Bonchev–Trinajstić information content (AvgIpc) is 2.48. The highest BCUT2D eigenvalue weighted by Crippen LogP contribution is 2.36. The quantitative estimate of drug-likeness (QED) is 0.929. The summed E-state index contributed by atoms with van der Waals surface area (Å²) in [7, 11) is 1.59. The lowest BCUT2D eigenvalue weighted by atomic mass is 9.93. The Bertz CT molecular complexity index is 439. The molecule has 6 heteroatoms. The molecule has 1 aliphatic heterocycles. The minimum Gasteiger partial charge on any atom is -0.497 e. The monoisotopic (exact) mass is 302 g/mol. The summed E-state index contributed by atoms with van der Waals surface area (Å²) in [4.78, 5) is 2.05. The number of ether oxygens (including phenoxy) is 1. The Morgan fingerprint density at radius 1 is 1.24 bits per heavy atom. The van der Waals surface area contributed by atoms with Crippen molar-refractivity contribution in [3.05, 3.63) is 29.8 Å². The second-order valence-electron chi connectivity index (χ2n) is 5.38. The van der Waals surface area contributed by atoms with Crippen molar-refractivity contribution in [1.82, 2.24) is 4.90 Å². The molecule has 1 heterocycles. The van der Waals surface area contributed by atoms with Gasteiger partial charge in [-0.1, -0.05) is 12.1 Å². The smallest absolute Gasteiger partial charge is 0.391 e. The Labute approximate surface area is 122 Å². The fourth-order valence-corrected chi connectivity index (χ4v) is 2.86. The molecule has 0 amide bonds. The van der Waals surface area contributed by atoms with Crippen LogP contribution in [0.4, 0.5) is 13.2 Å². The molecule has 0 aliphatic carbocycles. The summed E-state index contributed by atoms with van der Waals surface area (Å²) in [5.74, 6) is -0.423. The number of hydrogen-bond donors (Lipinski definition) is 1. The van der Waals surface area contributed by atoms with Gasteiger partial charge in [-0.2, -0.15) is 13.2 Å². The number of hydrogen-bond acceptors (Lipinski definition) is 3. The van der Waals surface area contributed by atoms with E-state index in [0.717, 1.165) is 11.3 Å². The molecule has 1 aromatic rings. The first-order chi connectivity index (χ1) is 9.95. The number of likely N-dealkylation sites (tertiary alicyclic amines) is 1. The van der Waals surface area contributed by atoms with E-state index in [2.05, 4.69) is 0 Å². The zero-order valence-corrected chi connectivity index (χ0v) is 12.1. The van der Waals surface area contributed by atoms with E-state index in [9.17, 15) is 13.2 Å². The average molecular weight is 302 g/mol. The van der Waals surface area contributed by atoms with Crippen LogP contribution in [0.5, 0.6) is 5.75 Å². The lowest BCUT2D eigenvalue weighted by Crippen LogP contribution is -2.42. The van der Waals surface area contributed by atoms with Gasteiger partial charge in [-0.25, -0.2) is 0 Å². The van der Waals surface area contributed by atoms with Gasteiger partial charge in [0.1, 0.15) is 5.75 Å². The summed E-state index contributed by atoms with van der Waals surface area (Å²) in [6.45, 7) is 1.25. The van der Waals surface area contributed by atoms with Gasteiger partial charge < -0.3 is 10.5 Å². The molecule has 2 N–H and O–H groups in total. The van der Waals surface area contributed by atoms with Crippen molar-refractivity contribution in [2.75, 3.05) is 26.7 Å². The van der Waals surface area contributed by atoms with Crippen LogP contribution in [-0.2, 0) is 0 Å². The van der Waals surface area contributed by atoms with Crippen LogP contribution in [0.3, 0.4) is 0 Å². The van der Waals surface area contributed by atoms with Gasteiger partial charge in [-0.05, 0) is 43.6 Å². The Morgan fingerprint density at radius 2 is 1.81 bits per heavy atom. The van der Waals surface area contributed by atoms with Gasteiger partial charge in [0.2, 0.25) is 0 Å². The Hall–Kier alpha value is -1.27. The van der Waals surface area contributed by atoms with E-state index in [-0.39, 0.29) is 18.9 Å². The third-order valence-corrected chi connectivity index (χ3v) is 4.16. The maximum absolute atomic E-state index is 12.7. The molecule has 0 saturated carbocycles. The third-order valence-electron chi connectivity index (χ3n) is 4.16. The number of nitrogens with zero attached hydrogens (tertiary/aromatic N) is 1. The molecule has 0 radical (unpaired) electrons. The van der Waals surface area contributed by atoms with Crippen molar-refractivity contribution in [1.29, 1.82) is 0 Å². The Morgan fingerprint density at radius 3 is 2.24 bits per heavy atom. The van der Waals surface area contributed by atoms with Crippen molar-refractivity contribution in [2.24, 2.45) is 11.7 Å². The molecule has 0 bridgehead atoms. The van der Waals surface area contributed by atoms with Gasteiger partial charge in [0, 0.05) is 12.6 Å². The van der Waals surface area contributed by atoms with E-state index in [1.807, 2.05) is 29.2 Å². The van der Waals surface area contributed by atoms with Crippen molar-refractivity contribution in [3.63, 3.8) is 0 Å². The predicted molar refractivity (Wildman–Crippen MR) is 75.1 cm³/mol. The molecule has 21 heavy (non-hydrogen) atoms. The minimum atomic E-state index is -4.08. The lowest BCUT2D eigenvalue weighted by Gasteiger charge is -2.37. The van der Waals surface area contributed by atoms with Crippen LogP contribution in [0.2, 0.25) is 0 Å². The SMILES string of the molecule is COc1ccc(C(CN)N2CCC(C(F)(F)F)CC2)cc1. The fraction of sp³-hybridized carbons (Fsp3) is 0.600. The number of rotatable bonds is 4. The highest BCUT2D eigenvalue weighted by Gasteiger charge is 2.41. The number of benzene rings is 1. The highest BCUT2D eigenvalue weighted by atomic mass is 19.4. The van der Waals surface area contributed by atoms with E-state index in [4.69, 9.17) is 10.5 Å². The lowest BCUT2D eigenvalue weighted by molar-refractivity contribution is -0.186. The standard InChI is InChI=1S/C15H21F3N2O/c1-21-13-4-2-11(3-5-13)14(10-19)20-8-6-12(7-9-20)15(16,17)18/h2-5,12,14H,6-10,19H2,1H3. The molecular formula is C15H21F3N2O. The maximum atomic E-state index is 12.7. The van der Waals surface area contributed by atoms with Gasteiger partial charge in [0.05, 0.1) is 13.0 Å². The molecule has 0 aromatic heterocycles. The second-order valence-corrected chi connectivity index (χ2v) is 5.38. The largest absolute Gasteiger partial charge is 0.497 e. The fourth-order valence-electron chi connectivity index (χ4n) is 2.86. The van der Waals surface area contributed by atoms with Gasteiger partial charge in [-0.15, -0.1) is 0 Å². The number of alkyl halides is 3. The first-order valence-corrected chi connectivity index (χ1v) is 7.10. The number of piperidine rings is 1. The normalized spacial score (nSPS) is 19.5. The van der Waals surface area contributed by atoms with Crippen LogP contribution < -0.4 is 10.5 Å². The molecule has 1 unspecified atom stereocenters. The van der Waals surface area contributed by atoms with Crippen LogP contribution in [0.1, 0.15) is 24.4 Å². The van der Waals surface area contributed by atoms with Crippen molar-refractivity contribution in [2.45, 2.75) is 25.1 Å². The van der Waals surface area contributed by atoms with Crippen LogP contribution in [0.25, 0.3) is 0 Å². The van der Waals surface area contributed by atoms with Crippen LogP contribution >= 0.6 is 0 Å². The van der Waals surface area contributed by atoms with Crippen molar-refractivity contribution >= 4 is 0 Å². The Balaban J connectivity index is 2.02. The highest BCUT2D eigenvalue weighted by molar-refractivity contribution is 5.29. The maximum Gasteiger partial charge on any atom is 0.391 e. The zero-order chi connectivity index (χ0) is 15.5. The molecular weight excluding hydrogens is 281 g/mol. The van der Waals surface area contributed by atoms with Gasteiger partial charge in [-0.3, -0.25) is 4.90 Å². The Kier molecular flexibility index (Phi) is 5.11. The summed E-state index contributed by atoms with van der Waals surface area (Å²) >= 11 is 0. The summed E-state index contributed by atoms with van der Waals surface area (Å²) < 4.78 is 43.2. The molecule has 2 rings (SSSR count). The van der Waals surface area contributed by atoms with Crippen molar-refractivity contribution in [3.8, 4) is 5.75 Å². The summed E-state index contributed by atoms with van der Waals surface area (Å²) in [6, 6.07) is 7.50. The topological polar surface area (TPSA) is 38.5 Å². The molecule has 1 aliphatic rings. The minimum absolute atomic E-state index is 0.0370. The van der Waals surface area contributed by atoms with E-state index >= 15 is 0 Å². The first-order valence-electron chi connectivity index (χ1n) is 7.10. The molecule has 1 atom stereocenters. The number of halogens is 3. The summed E-state index contributed by atoms with van der Waals surface area (Å²) in [5, 5.41) is 0. The van der Waals surface area contributed by atoms with Crippen molar-refractivity contribution < 1.29 is 17.9 Å². The van der Waals surface area contributed by atoms with Crippen LogP contribution in [0.15, 0.2) is 24.3 Å². The van der Waals surface area contributed by atoms with E-state index in [0.29, 0.717) is 19.6 Å². The predicted octanol–water partition coefficient (Wildman–Crippen LogP) is 2.97. The van der Waals surface area contributed by atoms with E-state index in [1.54, 1.807) is 7.11 Å². The molecule has 1 saturated heterocycles. The van der Waals surface area contributed by atoms with Gasteiger partial charge in [0.25, 0.3) is 0 Å². The second kappa shape index (κ2) is 6.66.